The summed E-state index contributed by atoms with van der Waals surface area (Å²) in [7, 11) is 3.53. The van der Waals surface area contributed by atoms with Crippen molar-refractivity contribution >= 4 is 17.5 Å². The maximum atomic E-state index is 10.9. The summed E-state index contributed by atoms with van der Waals surface area (Å²) < 4.78 is 10.7. The number of nitrogens with two attached hydrogens (primary N) is 1. The van der Waals surface area contributed by atoms with Gasteiger partial charge in [0.2, 0.25) is 0 Å². The smallest absolute Gasteiger partial charge is 0.255 e. The molecule has 1 heterocycles. The van der Waals surface area contributed by atoms with E-state index in [-0.39, 0.29) is 6.61 Å². The Morgan fingerprint density at radius 2 is 2.30 bits per heavy atom. The van der Waals surface area contributed by atoms with Gasteiger partial charge in [-0.2, -0.15) is 0 Å². The Morgan fingerprint density at radius 1 is 1.52 bits per heavy atom. The molecular formula is C16H24ClN3O3. The van der Waals surface area contributed by atoms with Crippen LogP contribution >= 0.6 is 11.6 Å². The number of amides is 1. The van der Waals surface area contributed by atoms with Crippen LogP contribution in [0.1, 0.15) is 12.0 Å². The monoisotopic (exact) mass is 341 g/mol. The van der Waals surface area contributed by atoms with E-state index in [1.165, 1.54) is 6.42 Å². The van der Waals surface area contributed by atoms with Gasteiger partial charge < -0.3 is 20.5 Å². The first kappa shape index (κ1) is 17.8. The minimum atomic E-state index is -0.556. The second-order valence-electron chi connectivity index (χ2n) is 5.81. The minimum Gasteiger partial charge on any atom is -0.493 e. The molecular weight excluding hydrogens is 318 g/mol. The molecule has 1 fully saturated rings. The number of halogens is 1. The van der Waals surface area contributed by atoms with Crippen LogP contribution in [0.25, 0.3) is 0 Å². The van der Waals surface area contributed by atoms with Gasteiger partial charge in [-0.05, 0) is 50.2 Å². The average Bonchev–Trinajstić information content (AvgIpc) is 2.93. The molecule has 1 unspecified atom stereocenters. The lowest BCUT2D eigenvalue weighted by molar-refractivity contribution is -0.119. The van der Waals surface area contributed by atoms with Crippen LogP contribution in [-0.2, 0) is 11.3 Å². The summed E-state index contributed by atoms with van der Waals surface area (Å²) >= 11 is 6.27. The average molecular weight is 342 g/mol. The molecule has 3 N–H and O–H groups in total. The van der Waals surface area contributed by atoms with Crippen LogP contribution < -0.4 is 20.5 Å². The fourth-order valence-corrected chi connectivity index (χ4v) is 3.21. The zero-order chi connectivity index (χ0) is 16.8. The summed E-state index contributed by atoms with van der Waals surface area (Å²) in [4.78, 5) is 13.3. The highest BCUT2D eigenvalue weighted by atomic mass is 35.5. The van der Waals surface area contributed by atoms with Crippen molar-refractivity contribution < 1.29 is 14.3 Å². The van der Waals surface area contributed by atoms with Crippen molar-refractivity contribution in [3.05, 3.63) is 22.7 Å². The maximum absolute atomic E-state index is 10.9. The topological polar surface area (TPSA) is 76.8 Å². The van der Waals surface area contributed by atoms with Gasteiger partial charge in [0.25, 0.3) is 5.91 Å². The quantitative estimate of drug-likeness (QED) is 0.744. The Balaban J connectivity index is 2.06. The first-order valence-electron chi connectivity index (χ1n) is 7.68. The number of ether oxygens (including phenoxy) is 2. The molecule has 0 saturated carbocycles. The van der Waals surface area contributed by atoms with Crippen LogP contribution in [-0.4, -0.2) is 51.2 Å². The summed E-state index contributed by atoms with van der Waals surface area (Å²) in [6.07, 6.45) is 1.20. The number of benzene rings is 1. The molecule has 1 aromatic rings. The summed E-state index contributed by atoms with van der Waals surface area (Å²) in [5.41, 5.74) is 6.16. The van der Waals surface area contributed by atoms with Crippen LogP contribution in [0, 0.1) is 5.92 Å². The third kappa shape index (κ3) is 4.99. The molecule has 0 bridgehead atoms. The molecule has 0 aromatic heterocycles. The zero-order valence-corrected chi connectivity index (χ0v) is 14.4. The van der Waals surface area contributed by atoms with Crippen molar-refractivity contribution in [1.82, 2.24) is 10.2 Å². The van der Waals surface area contributed by atoms with Crippen molar-refractivity contribution in [3.63, 3.8) is 0 Å². The highest BCUT2D eigenvalue weighted by Crippen LogP contribution is 2.37. The normalized spacial score (nSPS) is 18.1. The number of rotatable bonds is 8. The molecule has 128 valence electrons. The minimum absolute atomic E-state index is 0.229. The molecule has 1 aliphatic rings. The number of hydrogen-bond donors (Lipinski definition) is 2. The Kier molecular flexibility index (Phi) is 6.50. The summed E-state index contributed by atoms with van der Waals surface area (Å²) in [6, 6.07) is 3.75. The Labute approximate surface area is 141 Å². The Morgan fingerprint density at radius 3 is 2.96 bits per heavy atom. The van der Waals surface area contributed by atoms with Crippen molar-refractivity contribution in [2.75, 3.05) is 40.4 Å². The number of methoxy groups -OCH3 is 1. The second-order valence-corrected chi connectivity index (χ2v) is 6.22. The fourth-order valence-electron chi connectivity index (χ4n) is 2.92. The van der Waals surface area contributed by atoms with Crippen molar-refractivity contribution in [3.8, 4) is 11.5 Å². The van der Waals surface area contributed by atoms with Gasteiger partial charge in [-0.3, -0.25) is 9.69 Å². The predicted molar refractivity (Wildman–Crippen MR) is 90.0 cm³/mol. The van der Waals surface area contributed by atoms with E-state index >= 15 is 0 Å². The molecule has 2 rings (SSSR count). The predicted octanol–water partition coefficient (Wildman–Crippen LogP) is 1.25. The van der Waals surface area contributed by atoms with Gasteiger partial charge in [0.15, 0.2) is 18.1 Å². The van der Waals surface area contributed by atoms with Crippen molar-refractivity contribution in [2.24, 2.45) is 11.7 Å². The Bertz CT molecular complexity index is 554. The molecule has 1 amide bonds. The number of likely N-dealkylation sites (tertiary alicyclic amines) is 1. The molecule has 1 saturated heterocycles. The molecule has 1 aromatic carbocycles. The number of carbonyl (C=O) groups excluding carboxylic acids is 1. The standard InChI is InChI=1S/C16H24ClN3O3/c1-19-7-11-3-4-20(8-11)9-12-5-13(17)16(14(6-12)22-2)23-10-15(18)21/h5-6,11,19H,3-4,7-10H2,1-2H3,(H2,18,21). The lowest BCUT2D eigenvalue weighted by atomic mass is 10.1. The molecule has 0 radical (unpaired) electrons. The van der Waals surface area contributed by atoms with Gasteiger partial charge in [0, 0.05) is 13.1 Å². The fraction of sp³-hybridized carbons (Fsp3) is 0.562. The van der Waals surface area contributed by atoms with Crippen LogP contribution in [0.4, 0.5) is 0 Å². The van der Waals surface area contributed by atoms with Crippen LogP contribution in [0.5, 0.6) is 11.5 Å². The second kappa shape index (κ2) is 8.38. The highest BCUT2D eigenvalue weighted by Gasteiger charge is 2.22. The lowest BCUT2D eigenvalue weighted by Crippen LogP contribution is -2.24. The van der Waals surface area contributed by atoms with E-state index < -0.39 is 5.91 Å². The molecule has 0 aliphatic carbocycles. The number of nitrogens with one attached hydrogen (secondary N) is 1. The first-order chi connectivity index (χ1) is 11.0. The highest BCUT2D eigenvalue weighted by molar-refractivity contribution is 6.32. The van der Waals surface area contributed by atoms with E-state index in [9.17, 15) is 4.79 Å². The summed E-state index contributed by atoms with van der Waals surface area (Å²) in [6.45, 7) is 3.77. The molecule has 23 heavy (non-hydrogen) atoms. The number of hydrogen-bond acceptors (Lipinski definition) is 5. The lowest BCUT2D eigenvalue weighted by Gasteiger charge is -2.18. The third-order valence-electron chi connectivity index (χ3n) is 3.92. The van der Waals surface area contributed by atoms with Gasteiger partial charge in [-0.25, -0.2) is 0 Å². The van der Waals surface area contributed by atoms with E-state index in [4.69, 9.17) is 26.8 Å². The van der Waals surface area contributed by atoms with Crippen LogP contribution in [0.3, 0.4) is 0 Å². The van der Waals surface area contributed by atoms with Gasteiger partial charge in [-0.15, -0.1) is 0 Å². The molecule has 6 nitrogen and oxygen atoms in total. The van der Waals surface area contributed by atoms with E-state index in [0.717, 1.165) is 31.7 Å². The summed E-state index contributed by atoms with van der Waals surface area (Å²) in [5.74, 6) is 1.00. The largest absolute Gasteiger partial charge is 0.493 e. The van der Waals surface area contributed by atoms with Gasteiger partial charge >= 0.3 is 0 Å². The zero-order valence-electron chi connectivity index (χ0n) is 13.6. The number of nitrogens with zero attached hydrogens (tertiary/aromatic N) is 1. The van der Waals surface area contributed by atoms with Crippen molar-refractivity contribution in [1.29, 1.82) is 0 Å². The molecule has 1 aliphatic heterocycles. The van der Waals surface area contributed by atoms with Gasteiger partial charge in [0.1, 0.15) is 0 Å². The van der Waals surface area contributed by atoms with E-state index in [1.807, 2.05) is 19.2 Å². The molecule has 1 atom stereocenters. The third-order valence-corrected chi connectivity index (χ3v) is 4.20. The molecule has 7 heteroatoms. The van der Waals surface area contributed by atoms with E-state index in [0.29, 0.717) is 22.4 Å². The Hall–Kier alpha value is -1.50. The van der Waals surface area contributed by atoms with Gasteiger partial charge in [-0.1, -0.05) is 11.6 Å². The number of carbonyl (C=O) groups is 1. The van der Waals surface area contributed by atoms with Gasteiger partial charge in [0.05, 0.1) is 12.1 Å². The molecule has 0 spiro atoms. The summed E-state index contributed by atoms with van der Waals surface area (Å²) in [5, 5.41) is 3.65. The van der Waals surface area contributed by atoms with Crippen molar-refractivity contribution in [2.45, 2.75) is 13.0 Å². The number of primary amides is 1. The maximum Gasteiger partial charge on any atom is 0.255 e. The van der Waals surface area contributed by atoms with E-state index in [1.54, 1.807) is 7.11 Å². The van der Waals surface area contributed by atoms with Crippen LogP contribution in [0.15, 0.2) is 12.1 Å². The van der Waals surface area contributed by atoms with Crippen LogP contribution in [0.2, 0.25) is 5.02 Å². The van der Waals surface area contributed by atoms with E-state index in [2.05, 4.69) is 10.2 Å². The first-order valence-corrected chi connectivity index (χ1v) is 8.05. The SMILES string of the molecule is CNCC1CCN(Cc2cc(Cl)c(OCC(N)=O)c(OC)c2)C1.